The summed E-state index contributed by atoms with van der Waals surface area (Å²) in [7, 11) is 0. The highest BCUT2D eigenvalue weighted by atomic mass is 16.5. The molecule has 1 saturated heterocycles. The Morgan fingerprint density at radius 3 is 2.96 bits per heavy atom. The lowest BCUT2D eigenvalue weighted by molar-refractivity contribution is 0.194. The summed E-state index contributed by atoms with van der Waals surface area (Å²) in [5, 5.41) is 6.68. The van der Waals surface area contributed by atoms with Gasteiger partial charge in [-0.15, -0.1) is 0 Å². The van der Waals surface area contributed by atoms with Gasteiger partial charge in [0.15, 0.2) is 5.82 Å². The number of amides is 2. The predicted octanol–water partition coefficient (Wildman–Crippen LogP) is 3.05. The van der Waals surface area contributed by atoms with Crippen LogP contribution in [0.2, 0.25) is 0 Å². The summed E-state index contributed by atoms with van der Waals surface area (Å²) in [6, 6.07) is 5.25. The summed E-state index contributed by atoms with van der Waals surface area (Å²) in [5.41, 5.74) is -0.147. The van der Waals surface area contributed by atoms with Crippen LogP contribution in [0.15, 0.2) is 35.1 Å². The molecule has 7 nitrogen and oxygen atoms in total. The molecule has 2 aromatic heterocycles. The molecule has 7 heteroatoms. The van der Waals surface area contributed by atoms with Crippen LogP contribution in [0.1, 0.15) is 33.0 Å². The van der Waals surface area contributed by atoms with E-state index in [4.69, 9.17) is 9.26 Å². The molecule has 1 aliphatic heterocycles. The van der Waals surface area contributed by atoms with Crippen LogP contribution in [-0.4, -0.2) is 40.3 Å². The molecule has 0 unspecified atom stereocenters. The van der Waals surface area contributed by atoms with E-state index in [0.29, 0.717) is 18.9 Å². The molecular weight excluding hydrogens is 308 g/mol. The van der Waals surface area contributed by atoms with Crippen LogP contribution in [0.4, 0.5) is 10.6 Å². The number of nitrogens with zero attached hydrogens (tertiary/aromatic N) is 3. The van der Waals surface area contributed by atoms with Crippen molar-refractivity contribution in [3.05, 3.63) is 36.4 Å². The largest absolute Gasteiger partial charge is 0.487 e. The van der Waals surface area contributed by atoms with Gasteiger partial charge in [0.2, 0.25) is 0 Å². The zero-order valence-electron chi connectivity index (χ0n) is 14.2. The number of aromatic nitrogens is 2. The van der Waals surface area contributed by atoms with Gasteiger partial charge in [0.25, 0.3) is 0 Å². The van der Waals surface area contributed by atoms with Crippen molar-refractivity contribution in [1.29, 1.82) is 0 Å². The zero-order valence-corrected chi connectivity index (χ0v) is 14.2. The standard InChI is InChI=1S/C17H22N4O3/c1-17(2,3)14-9-15(20-24-14)19-16(22)21-8-6-13(11-21)23-12-5-4-7-18-10-12/h4-5,7,9-10,13H,6,8,11H2,1-3H3,(H,19,20,22)/t13-/m0/s1. The van der Waals surface area contributed by atoms with Crippen LogP contribution in [0, 0.1) is 0 Å². The number of rotatable bonds is 3. The summed E-state index contributed by atoms with van der Waals surface area (Å²) in [6.45, 7) is 7.26. The fourth-order valence-electron chi connectivity index (χ4n) is 2.49. The lowest BCUT2D eigenvalue weighted by Gasteiger charge is -2.17. The Bertz CT molecular complexity index is 693. The Labute approximate surface area is 141 Å². The van der Waals surface area contributed by atoms with E-state index in [0.717, 1.165) is 17.9 Å². The van der Waals surface area contributed by atoms with E-state index in [2.05, 4.69) is 15.5 Å². The molecule has 0 bridgehead atoms. The maximum absolute atomic E-state index is 12.3. The van der Waals surface area contributed by atoms with Crippen molar-refractivity contribution in [3.8, 4) is 5.75 Å². The van der Waals surface area contributed by atoms with Gasteiger partial charge in [0, 0.05) is 30.6 Å². The molecule has 3 rings (SSSR count). The van der Waals surface area contributed by atoms with Crippen molar-refractivity contribution in [2.45, 2.75) is 38.7 Å². The average molecular weight is 330 g/mol. The third-order valence-corrected chi connectivity index (χ3v) is 3.85. The highest BCUT2D eigenvalue weighted by Crippen LogP contribution is 2.25. The van der Waals surface area contributed by atoms with E-state index in [9.17, 15) is 4.79 Å². The van der Waals surface area contributed by atoms with Crippen molar-refractivity contribution in [2.75, 3.05) is 18.4 Å². The van der Waals surface area contributed by atoms with Gasteiger partial charge < -0.3 is 14.2 Å². The number of urea groups is 1. The SMILES string of the molecule is CC(C)(C)c1cc(NC(=O)N2CC[C@H](Oc3cccnc3)C2)no1. The van der Waals surface area contributed by atoms with Gasteiger partial charge in [-0.05, 0) is 12.1 Å². The van der Waals surface area contributed by atoms with Gasteiger partial charge in [-0.1, -0.05) is 25.9 Å². The molecule has 2 amide bonds. The van der Waals surface area contributed by atoms with Crippen LogP contribution in [0.25, 0.3) is 0 Å². The van der Waals surface area contributed by atoms with Crippen LogP contribution < -0.4 is 10.1 Å². The fraction of sp³-hybridized carbons (Fsp3) is 0.471. The summed E-state index contributed by atoms with van der Waals surface area (Å²) < 4.78 is 11.1. The first-order valence-electron chi connectivity index (χ1n) is 8.01. The molecule has 3 heterocycles. The van der Waals surface area contributed by atoms with Gasteiger partial charge in [-0.3, -0.25) is 10.3 Å². The van der Waals surface area contributed by atoms with Gasteiger partial charge >= 0.3 is 6.03 Å². The fourth-order valence-corrected chi connectivity index (χ4v) is 2.49. The molecule has 0 aromatic carbocycles. The van der Waals surface area contributed by atoms with Crippen molar-refractivity contribution in [3.63, 3.8) is 0 Å². The Balaban J connectivity index is 1.54. The minimum atomic E-state index is -0.193. The van der Waals surface area contributed by atoms with Crippen molar-refractivity contribution in [1.82, 2.24) is 15.0 Å². The summed E-state index contributed by atoms with van der Waals surface area (Å²) in [4.78, 5) is 18.1. The lowest BCUT2D eigenvalue weighted by atomic mass is 9.93. The second kappa shape index (κ2) is 6.51. The van der Waals surface area contributed by atoms with Crippen LogP contribution in [0.3, 0.4) is 0 Å². The van der Waals surface area contributed by atoms with E-state index in [-0.39, 0.29) is 17.6 Å². The van der Waals surface area contributed by atoms with Crippen molar-refractivity contribution < 1.29 is 14.1 Å². The molecule has 0 saturated carbocycles. The summed E-state index contributed by atoms with van der Waals surface area (Å²) in [6.07, 6.45) is 4.13. The number of carbonyl (C=O) groups is 1. The molecule has 1 fully saturated rings. The minimum absolute atomic E-state index is 0.0256. The van der Waals surface area contributed by atoms with Crippen LogP contribution in [0.5, 0.6) is 5.75 Å². The maximum Gasteiger partial charge on any atom is 0.323 e. The third kappa shape index (κ3) is 3.84. The van der Waals surface area contributed by atoms with Crippen LogP contribution >= 0.6 is 0 Å². The Kier molecular flexibility index (Phi) is 4.42. The first-order chi connectivity index (χ1) is 11.4. The van der Waals surface area contributed by atoms with Gasteiger partial charge in [-0.25, -0.2) is 4.79 Å². The molecule has 1 N–H and O–H groups in total. The van der Waals surface area contributed by atoms with Crippen molar-refractivity contribution in [2.24, 2.45) is 0 Å². The highest BCUT2D eigenvalue weighted by Gasteiger charge is 2.28. The lowest BCUT2D eigenvalue weighted by Crippen LogP contribution is -2.34. The number of nitrogens with one attached hydrogen (secondary N) is 1. The first-order valence-corrected chi connectivity index (χ1v) is 8.01. The zero-order chi connectivity index (χ0) is 17.2. The van der Waals surface area contributed by atoms with Gasteiger partial charge in [0.05, 0.1) is 12.7 Å². The maximum atomic E-state index is 12.3. The smallest absolute Gasteiger partial charge is 0.323 e. The molecule has 128 valence electrons. The molecular formula is C17H22N4O3. The topological polar surface area (TPSA) is 80.5 Å². The quantitative estimate of drug-likeness (QED) is 0.935. The highest BCUT2D eigenvalue weighted by molar-refractivity contribution is 5.88. The summed E-state index contributed by atoms with van der Waals surface area (Å²) in [5.74, 6) is 1.88. The number of hydrogen-bond donors (Lipinski definition) is 1. The number of ether oxygens (including phenoxy) is 1. The Morgan fingerprint density at radius 2 is 2.29 bits per heavy atom. The molecule has 1 atom stereocenters. The van der Waals surface area contributed by atoms with E-state index < -0.39 is 0 Å². The molecule has 24 heavy (non-hydrogen) atoms. The summed E-state index contributed by atoms with van der Waals surface area (Å²) >= 11 is 0. The number of carbonyl (C=O) groups excluding carboxylic acids is 1. The van der Waals surface area contributed by atoms with Crippen LogP contribution in [-0.2, 0) is 5.41 Å². The Hall–Kier alpha value is -2.57. The second-order valence-electron chi connectivity index (χ2n) is 6.92. The molecule has 0 spiro atoms. The number of likely N-dealkylation sites (tertiary alicyclic amines) is 1. The van der Waals surface area contributed by atoms with Crippen molar-refractivity contribution >= 4 is 11.8 Å². The number of hydrogen-bond acceptors (Lipinski definition) is 5. The first kappa shape index (κ1) is 16.3. The molecule has 0 aliphatic carbocycles. The monoisotopic (exact) mass is 330 g/mol. The van der Waals surface area contributed by atoms with Gasteiger partial charge in [0.1, 0.15) is 17.6 Å². The van der Waals surface area contributed by atoms with Gasteiger partial charge in [-0.2, -0.15) is 0 Å². The normalized spacial score (nSPS) is 17.8. The Morgan fingerprint density at radius 1 is 1.46 bits per heavy atom. The second-order valence-corrected chi connectivity index (χ2v) is 6.92. The molecule has 2 aromatic rings. The van der Waals surface area contributed by atoms with E-state index >= 15 is 0 Å². The van der Waals surface area contributed by atoms with E-state index in [1.807, 2.05) is 32.9 Å². The minimum Gasteiger partial charge on any atom is -0.487 e. The predicted molar refractivity (Wildman–Crippen MR) is 89.1 cm³/mol. The third-order valence-electron chi connectivity index (χ3n) is 3.85. The molecule has 0 radical (unpaired) electrons. The number of anilines is 1. The van der Waals surface area contributed by atoms with E-state index in [1.54, 1.807) is 23.4 Å². The molecule has 1 aliphatic rings. The number of pyridine rings is 1. The van der Waals surface area contributed by atoms with E-state index in [1.165, 1.54) is 0 Å². The average Bonchev–Trinajstić information content (AvgIpc) is 3.17.